The van der Waals surface area contributed by atoms with Crippen molar-refractivity contribution in [2.24, 2.45) is 17.8 Å². The van der Waals surface area contributed by atoms with Crippen molar-refractivity contribution in [1.82, 2.24) is 0 Å². The molecule has 1 spiro atoms. The van der Waals surface area contributed by atoms with Crippen LogP contribution >= 0.6 is 0 Å². The normalized spacial score (nSPS) is 46.9. The molecule has 3 fully saturated rings. The molecule has 5 rings (SSSR count). The van der Waals surface area contributed by atoms with E-state index in [2.05, 4.69) is 39.8 Å². The summed E-state index contributed by atoms with van der Waals surface area (Å²) in [5, 5.41) is 22.4. The third-order valence-corrected chi connectivity index (χ3v) is 9.78. The van der Waals surface area contributed by atoms with Gasteiger partial charge in [0.1, 0.15) is 29.8 Å². The van der Waals surface area contributed by atoms with Gasteiger partial charge in [0.15, 0.2) is 5.79 Å². The Morgan fingerprint density at radius 2 is 2.00 bits per heavy atom. The maximum Gasteiger partial charge on any atom is 0.316 e. The minimum absolute atomic E-state index is 0.0887. The lowest BCUT2D eigenvalue weighted by molar-refractivity contribution is -0.335. The van der Waals surface area contributed by atoms with E-state index < -0.39 is 41.6 Å². The molecular weight excluding hydrogens is 524 g/mol. The van der Waals surface area contributed by atoms with Gasteiger partial charge in [-0.15, -0.1) is 0 Å². The molecule has 8 nitrogen and oxygen atoms in total. The van der Waals surface area contributed by atoms with E-state index >= 15 is 0 Å². The third kappa shape index (κ3) is 6.01. The van der Waals surface area contributed by atoms with E-state index in [-0.39, 0.29) is 31.3 Å². The predicted molar refractivity (Wildman–Crippen MR) is 154 cm³/mol. The van der Waals surface area contributed by atoms with Gasteiger partial charge in [0.25, 0.3) is 0 Å². The maximum atomic E-state index is 14.0. The van der Waals surface area contributed by atoms with Crippen LogP contribution in [0.1, 0.15) is 72.6 Å². The second kappa shape index (κ2) is 12.4. The van der Waals surface area contributed by atoms with Gasteiger partial charge in [-0.25, -0.2) is 0 Å². The largest absolute Gasteiger partial charge is 0.462 e. The fourth-order valence-electron chi connectivity index (χ4n) is 7.53. The van der Waals surface area contributed by atoms with E-state index in [1.807, 2.05) is 12.2 Å². The van der Waals surface area contributed by atoms with Gasteiger partial charge in [-0.2, -0.15) is 0 Å². The quantitative estimate of drug-likeness (QED) is 0.375. The number of aliphatic hydroxyl groups excluding tert-OH is 1. The number of ether oxygens (including phenoxy) is 5. The fourth-order valence-corrected chi connectivity index (χ4v) is 7.53. The van der Waals surface area contributed by atoms with Crippen LogP contribution in [0.3, 0.4) is 0 Å². The lowest BCUT2D eigenvalue weighted by Crippen LogP contribution is -2.59. The maximum absolute atomic E-state index is 14.0. The Morgan fingerprint density at radius 3 is 2.73 bits per heavy atom. The van der Waals surface area contributed by atoms with E-state index in [1.165, 1.54) is 12.7 Å². The number of hydrogen-bond acceptors (Lipinski definition) is 8. The van der Waals surface area contributed by atoms with Crippen molar-refractivity contribution in [2.75, 3.05) is 20.3 Å². The Bertz CT molecular complexity index is 1090. The van der Waals surface area contributed by atoms with Crippen LogP contribution in [0, 0.1) is 17.8 Å². The van der Waals surface area contributed by atoms with Gasteiger partial charge in [-0.3, -0.25) is 4.79 Å². The second-order valence-electron chi connectivity index (χ2n) is 12.9. The number of carbonyl (C=O) groups is 1. The number of hydrogen-bond donors (Lipinski definition) is 2. The standard InChI is InChI=1S/C33H48O8/c1-6-28-22(4)12-13-32(41-28)17-26-16-25(40-32)11-10-21(3)14-20(2)8-7-9-24-19-38-30-29(37-5)23(18-34)15-27(31(35)39-26)33(24,30)36/h7-10,15,20,22,25-30,34,36H,6,11-14,16-19H2,1-5H3/b8-7+,21-10+,24-9+/t20-,22-,25+,26-,27-,28+,29+,30+,32+,33+/m0/s1. The number of allylic oxidation sites excluding steroid dienone is 4. The molecule has 0 aromatic heterocycles. The molecule has 0 unspecified atom stereocenters. The highest BCUT2D eigenvalue weighted by atomic mass is 16.7. The smallest absolute Gasteiger partial charge is 0.316 e. The minimum atomic E-state index is -1.66. The molecule has 2 N–H and O–H groups in total. The number of esters is 1. The van der Waals surface area contributed by atoms with Crippen LogP contribution in [-0.4, -0.2) is 78.4 Å². The predicted octanol–water partition coefficient (Wildman–Crippen LogP) is 4.55. The fraction of sp³-hybridized carbons (Fsp3) is 0.727. The van der Waals surface area contributed by atoms with E-state index in [0.29, 0.717) is 36.3 Å². The highest BCUT2D eigenvalue weighted by Crippen LogP contribution is 2.48. The van der Waals surface area contributed by atoms with Gasteiger partial charge in [0.2, 0.25) is 0 Å². The average Bonchev–Trinajstić information content (AvgIpc) is 3.28. The summed E-state index contributed by atoms with van der Waals surface area (Å²) < 4.78 is 31.3. The highest BCUT2D eigenvalue weighted by molar-refractivity contribution is 5.78. The Hall–Kier alpha value is -1.81. The van der Waals surface area contributed by atoms with Crippen molar-refractivity contribution >= 4 is 5.97 Å². The summed E-state index contributed by atoms with van der Waals surface area (Å²) >= 11 is 0. The Balaban J connectivity index is 1.53. The van der Waals surface area contributed by atoms with Gasteiger partial charge in [-0.05, 0) is 55.6 Å². The number of fused-ring (bicyclic) bond motifs is 2. The molecule has 5 aliphatic rings. The molecule has 0 saturated carbocycles. The van der Waals surface area contributed by atoms with Crippen molar-refractivity contribution in [3.05, 3.63) is 47.1 Å². The van der Waals surface area contributed by atoms with Gasteiger partial charge in [0, 0.05) is 26.4 Å². The molecule has 2 bridgehead atoms. The first-order chi connectivity index (χ1) is 19.6. The molecular formula is C33H48O8. The summed E-state index contributed by atoms with van der Waals surface area (Å²) in [6.45, 7) is 8.51. The highest BCUT2D eigenvalue weighted by Gasteiger charge is 2.61. The van der Waals surface area contributed by atoms with Gasteiger partial charge >= 0.3 is 5.97 Å². The van der Waals surface area contributed by atoms with Crippen molar-refractivity contribution in [2.45, 2.75) is 115 Å². The van der Waals surface area contributed by atoms with Gasteiger partial charge in [-0.1, -0.05) is 56.7 Å². The molecule has 1 aliphatic carbocycles. The third-order valence-electron chi connectivity index (χ3n) is 9.78. The zero-order valence-electron chi connectivity index (χ0n) is 25.2. The average molecular weight is 573 g/mol. The summed E-state index contributed by atoms with van der Waals surface area (Å²) in [4.78, 5) is 14.0. The molecule has 228 valence electrons. The number of aliphatic hydroxyl groups is 2. The number of methoxy groups -OCH3 is 1. The molecule has 0 aromatic carbocycles. The van der Waals surface area contributed by atoms with Crippen LogP contribution in [0.25, 0.3) is 0 Å². The zero-order chi connectivity index (χ0) is 29.4. The molecule has 0 radical (unpaired) electrons. The first kappa shape index (κ1) is 30.6. The zero-order valence-corrected chi connectivity index (χ0v) is 25.2. The monoisotopic (exact) mass is 572 g/mol. The van der Waals surface area contributed by atoms with Crippen LogP contribution < -0.4 is 0 Å². The Morgan fingerprint density at radius 1 is 1.20 bits per heavy atom. The molecule has 4 heterocycles. The van der Waals surface area contributed by atoms with Crippen molar-refractivity contribution in [3.8, 4) is 0 Å². The molecule has 8 heteroatoms. The molecule has 0 aromatic rings. The summed E-state index contributed by atoms with van der Waals surface area (Å²) in [5.41, 5.74) is 0.715. The minimum Gasteiger partial charge on any atom is -0.462 e. The summed E-state index contributed by atoms with van der Waals surface area (Å²) in [6.07, 6.45) is 13.0. The SMILES string of the molecule is CC[C@H]1O[C@]2(CC[C@@H]1C)C[C@@H]1C[C@@H](C/C=C(\C)C[C@@H](C)/C=C/C=C3\CO[C@@H]4[C@H](OC)C(CO)=C[C@@H](C(=O)O1)[C@]34O)O2. The van der Waals surface area contributed by atoms with Crippen molar-refractivity contribution in [3.63, 3.8) is 0 Å². The topological polar surface area (TPSA) is 104 Å². The molecule has 3 saturated heterocycles. The Kier molecular flexibility index (Phi) is 9.29. The lowest BCUT2D eigenvalue weighted by Gasteiger charge is -2.50. The van der Waals surface area contributed by atoms with E-state index in [9.17, 15) is 15.0 Å². The van der Waals surface area contributed by atoms with Crippen LogP contribution in [0.5, 0.6) is 0 Å². The molecule has 10 atom stereocenters. The van der Waals surface area contributed by atoms with Crippen molar-refractivity contribution in [1.29, 1.82) is 0 Å². The Labute approximate surface area is 244 Å². The van der Waals surface area contributed by atoms with Crippen molar-refractivity contribution < 1.29 is 38.7 Å². The first-order valence-electron chi connectivity index (χ1n) is 15.4. The van der Waals surface area contributed by atoms with Crippen LogP contribution in [-0.2, 0) is 28.5 Å². The molecule has 0 amide bonds. The second-order valence-corrected chi connectivity index (χ2v) is 12.9. The van der Waals surface area contributed by atoms with Gasteiger partial charge < -0.3 is 33.9 Å². The lowest BCUT2D eigenvalue weighted by atomic mass is 9.70. The van der Waals surface area contributed by atoms with Crippen LogP contribution in [0.2, 0.25) is 0 Å². The number of rotatable bonds is 3. The van der Waals surface area contributed by atoms with E-state index in [4.69, 9.17) is 23.7 Å². The summed E-state index contributed by atoms with van der Waals surface area (Å²) in [5.74, 6) is -1.67. The summed E-state index contributed by atoms with van der Waals surface area (Å²) in [6, 6.07) is 0. The van der Waals surface area contributed by atoms with Gasteiger partial charge in [0.05, 0.1) is 25.4 Å². The number of carbonyl (C=O) groups excluding carboxylic acids is 1. The first-order valence-corrected chi connectivity index (χ1v) is 15.4. The summed E-state index contributed by atoms with van der Waals surface area (Å²) in [7, 11) is 1.52. The van der Waals surface area contributed by atoms with E-state index in [0.717, 1.165) is 25.7 Å². The molecule has 4 aliphatic heterocycles. The van der Waals surface area contributed by atoms with Crippen LogP contribution in [0.4, 0.5) is 0 Å². The van der Waals surface area contributed by atoms with Crippen LogP contribution in [0.15, 0.2) is 47.1 Å². The molecule has 41 heavy (non-hydrogen) atoms. The van der Waals surface area contributed by atoms with E-state index in [1.54, 1.807) is 6.08 Å².